The number of hydrogen-bond donors (Lipinski definition) is 3. The van der Waals surface area contributed by atoms with Gasteiger partial charge in [-0.15, -0.1) is 11.3 Å². The minimum Gasteiger partial charge on any atom is -0.365 e. The Labute approximate surface area is 256 Å². The van der Waals surface area contributed by atoms with E-state index in [4.69, 9.17) is 11.5 Å². The Morgan fingerprint density at radius 2 is 1.69 bits per heavy atom. The summed E-state index contributed by atoms with van der Waals surface area (Å²) in [6.07, 6.45) is 12.1. The quantitative estimate of drug-likeness (QED) is 0.322. The van der Waals surface area contributed by atoms with Crippen molar-refractivity contribution in [2.75, 3.05) is 19.4 Å². The second-order valence-electron chi connectivity index (χ2n) is 10.4. The van der Waals surface area contributed by atoms with Gasteiger partial charge in [-0.3, -0.25) is 19.2 Å². The molecule has 1 fully saturated rings. The zero-order chi connectivity index (χ0) is 32.2. The smallest absolute Gasteiger partial charge is 0.314 e. The molecular weight excluding hydrogens is 550 g/mol. The first-order chi connectivity index (χ1) is 19.9. The number of aromatic nitrogens is 1. The molecule has 2 heterocycles. The van der Waals surface area contributed by atoms with Crippen molar-refractivity contribution in [2.45, 2.75) is 99.3 Å². The Kier molecular flexibility index (Phi) is 19.8. The number of pyridine rings is 1. The highest BCUT2D eigenvalue weighted by Crippen LogP contribution is 2.26. The molecule has 4 amide bonds. The molecule has 5 N–H and O–H groups in total. The molecule has 3 rings (SSSR count). The molecule has 1 saturated carbocycles. The van der Waals surface area contributed by atoms with Crippen LogP contribution in [-0.4, -0.2) is 47.6 Å². The number of carbonyl (C=O) groups excluding carboxylic acids is 4. The van der Waals surface area contributed by atoms with E-state index in [1.54, 1.807) is 34.6 Å². The predicted molar refractivity (Wildman–Crippen MR) is 173 cm³/mol. The standard InChI is InChI=1S/C13H21NOS.C9H17NO.C8H9N3O2.C2H6/c1-4-9(3)6-7-11-10(5-2)8-12(16-11)13(14)15;1-10(2)9(11)8-6-4-3-5-7-8;1-5-2-3-6(10-4-5)11-8(13)7(9)12;1-2/h8-9H,4-7H2,1-3H3,(H2,14,15);8H,3-7H2,1-2H3;2-4H,1H3,(H2,9,12)(H,10,11,13);1-2H3. The van der Waals surface area contributed by atoms with Gasteiger partial charge in [-0.05, 0) is 68.2 Å². The lowest BCUT2D eigenvalue weighted by Crippen LogP contribution is -2.30. The third kappa shape index (κ3) is 15.1. The van der Waals surface area contributed by atoms with E-state index in [1.165, 1.54) is 42.5 Å². The zero-order valence-electron chi connectivity index (χ0n) is 26.9. The summed E-state index contributed by atoms with van der Waals surface area (Å²) in [6.45, 7) is 12.5. The molecule has 2 aromatic heterocycles. The minimum absolute atomic E-state index is 0.297. The van der Waals surface area contributed by atoms with Crippen molar-refractivity contribution >= 4 is 40.8 Å². The van der Waals surface area contributed by atoms with E-state index >= 15 is 0 Å². The number of carbonyl (C=O) groups is 4. The highest BCUT2D eigenvalue weighted by molar-refractivity contribution is 7.14. The summed E-state index contributed by atoms with van der Waals surface area (Å²) >= 11 is 1.57. The molecule has 1 aliphatic rings. The maximum absolute atomic E-state index is 11.4. The third-order valence-corrected chi connectivity index (χ3v) is 8.11. The Morgan fingerprint density at radius 3 is 2.14 bits per heavy atom. The number of nitrogens with one attached hydrogen (secondary N) is 1. The molecule has 9 nitrogen and oxygen atoms in total. The van der Waals surface area contributed by atoms with Crippen molar-refractivity contribution in [1.29, 1.82) is 0 Å². The van der Waals surface area contributed by atoms with Crippen molar-refractivity contribution in [3.05, 3.63) is 45.3 Å². The average molecular weight is 604 g/mol. The number of aryl methyl sites for hydroxylation is 3. The fourth-order valence-corrected chi connectivity index (χ4v) is 5.24. The van der Waals surface area contributed by atoms with Crippen LogP contribution in [0.5, 0.6) is 0 Å². The van der Waals surface area contributed by atoms with Gasteiger partial charge in [0.15, 0.2) is 0 Å². The molecule has 0 aromatic carbocycles. The van der Waals surface area contributed by atoms with E-state index in [2.05, 4.69) is 31.1 Å². The Bertz CT molecular complexity index is 1090. The Hall–Kier alpha value is -3.27. The average Bonchev–Trinajstić information content (AvgIpc) is 3.42. The van der Waals surface area contributed by atoms with Crippen LogP contribution in [0.2, 0.25) is 0 Å². The number of anilines is 1. The summed E-state index contributed by atoms with van der Waals surface area (Å²) in [5, 5.41) is 2.24. The molecule has 42 heavy (non-hydrogen) atoms. The van der Waals surface area contributed by atoms with Gasteiger partial charge in [-0.2, -0.15) is 0 Å². The molecule has 1 unspecified atom stereocenters. The maximum Gasteiger partial charge on any atom is 0.314 e. The van der Waals surface area contributed by atoms with Crippen molar-refractivity contribution in [3.63, 3.8) is 0 Å². The molecule has 236 valence electrons. The van der Waals surface area contributed by atoms with Crippen LogP contribution in [0, 0.1) is 18.8 Å². The van der Waals surface area contributed by atoms with E-state index in [9.17, 15) is 19.2 Å². The summed E-state index contributed by atoms with van der Waals surface area (Å²) in [5.41, 5.74) is 12.3. The topological polar surface area (TPSA) is 148 Å². The van der Waals surface area contributed by atoms with Gasteiger partial charge in [-0.25, -0.2) is 4.98 Å². The van der Waals surface area contributed by atoms with Crippen molar-refractivity contribution < 1.29 is 19.2 Å². The number of primary amides is 2. The van der Waals surface area contributed by atoms with Crippen molar-refractivity contribution in [1.82, 2.24) is 9.88 Å². The van der Waals surface area contributed by atoms with Crippen LogP contribution < -0.4 is 16.8 Å². The highest BCUT2D eigenvalue weighted by atomic mass is 32.1. The lowest BCUT2D eigenvalue weighted by atomic mass is 9.88. The molecule has 0 saturated heterocycles. The van der Waals surface area contributed by atoms with Gasteiger partial charge < -0.3 is 21.7 Å². The number of nitrogens with zero attached hydrogens (tertiary/aromatic N) is 2. The largest absolute Gasteiger partial charge is 0.365 e. The Morgan fingerprint density at radius 1 is 1.07 bits per heavy atom. The summed E-state index contributed by atoms with van der Waals surface area (Å²) < 4.78 is 0. The van der Waals surface area contributed by atoms with Gasteiger partial charge in [0.1, 0.15) is 5.82 Å². The number of amides is 4. The molecule has 0 bridgehead atoms. The van der Waals surface area contributed by atoms with Gasteiger partial charge in [-0.1, -0.05) is 66.4 Å². The molecule has 10 heteroatoms. The van der Waals surface area contributed by atoms with Crippen molar-refractivity contribution in [2.24, 2.45) is 23.3 Å². The zero-order valence-corrected chi connectivity index (χ0v) is 27.7. The second kappa shape index (κ2) is 21.4. The van der Waals surface area contributed by atoms with E-state index in [0.29, 0.717) is 22.5 Å². The summed E-state index contributed by atoms with van der Waals surface area (Å²) in [4.78, 5) is 51.3. The van der Waals surface area contributed by atoms with E-state index in [-0.39, 0.29) is 5.91 Å². The Balaban J connectivity index is 0.000000592. The first-order valence-electron chi connectivity index (χ1n) is 15.0. The molecule has 1 aliphatic carbocycles. The predicted octanol–water partition coefficient (Wildman–Crippen LogP) is 5.88. The number of thiophene rings is 1. The van der Waals surface area contributed by atoms with Crippen LogP contribution in [0.25, 0.3) is 0 Å². The van der Waals surface area contributed by atoms with Gasteiger partial charge in [0.25, 0.3) is 5.91 Å². The maximum atomic E-state index is 11.4. The van der Waals surface area contributed by atoms with Gasteiger partial charge in [0, 0.05) is 31.1 Å². The molecule has 0 aliphatic heterocycles. The summed E-state index contributed by atoms with van der Waals surface area (Å²) in [6, 6.07) is 5.32. The minimum atomic E-state index is -1.03. The van der Waals surface area contributed by atoms with Crippen LogP contribution in [0.4, 0.5) is 5.82 Å². The van der Waals surface area contributed by atoms with E-state index < -0.39 is 11.8 Å². The fourth-order valence-electron chi connectivity index (χ4n) is 4.11. The van der Waals surface area contributed by atoms with Crippen LogP contribution in [0.3, 0.4) is 0 Å². The number of nitrogens with two attached hydrogens (primary N) is 2. The van der Waals surface area contributed by atoms with Crippen molar-refractivity contribution in [3.8, 4) is 0 Å². The molecule has 0 spiro atoms. The van der Waals surface area contributed by atoms with Gasteiger partial charge in [0.05, 0.1) is 4.88 Å². The van der Waals surface area contributed by atoms with Crippen LogP contribution in [0.15, 0.2) is 24.4 Å². The summed E-state index contributed by atoms with van der Waals surface area (Å²) in [5.74, 6) is -0.463. The molecular formula is C32H53N5O4S. The lowest BCUT2D eigenvalue weighted by molar-refractivity contribution is -0.134. The van der Waals surface area contributed by atoms with E-state index in [1.807, 2.05) is 40.9 Å². The van der Waals surface area contributed by atoms with Gasteiger partial charge in [0.2, 0.25) is 5.91 Å². The van der Waals surface area contributed by atoms with E-state index in [0.717, 1.165) is 37.2 Å². The molecule has 1 atom stereocenters. The summed E-state index contributed by atoms with van der Waals surface area (Å²) in [7, 11) is 3.69. The highest BCUT2D eigenvalue weighted by Gasteiger charge is 2.21. The third-order valence-electron chi connectivity index (χ3n) is 6.85. The molecule has 2 aromatic rings. The SMILES string of the molecule is CC.CCc1cc(C(N)=O)sc1CCC(C)CC.CN(C)C(=O)C1CCCCC1.Cc1ccc(NC(=O)C(N)=O)nc1. The van der Waals surface area contributed by atoms with Crippen LogP contribution in [0.1, 0.15) is 105 Å². The lowest BCUT2D eigenvalue weighted by Gasteiger charge is -2.23. The first kappa shape index (κ1) is 38.7. The second-order valence-corrected chi connectivity index (χ2v) is 11.6. The molecule has 0 radical (unpaired) electrons. The normalized spacial score (nSPS) is 13.0. The van der Waals surface area contributed by atoms with Crippen LogP contribution >= 0.6 is 11.3 Å². The monoisotopic (exact) mass is 603 g/mol. The first-order valence-corrected chi connectivity index (χ1v) is 15.9. The number of rotatable bonds is 8. The number of hydrogen-bond acceptors (Lipinski definition) is 6. The van der Waals surface area contributed by atoms with Gasteiger partial charge >= 0.3 is 11.8 Å². The fraction of sp³-hybridized carbons (Fsp3) is 0.594. The van der Waals surface area contributed by atoms with Crippen LogP contribution in [-0.2, 0) is 27.2 Å².